The van der Waals surface area contributed by atoms with Crippen LogP contribution in [-0.4, -0.2) is 37.6 Å². The van der Waals surface area contributed by atoms with Gasteiger partial charge in [0.25, 0.3) is 5.91 Å². The van der Waals surface area contributed by atoms with Crippen LogP contribution in [0.4, 0.5) is 11.5 Å². The topological polar surface area (TPSA) is 93.0 Å². The number of carbonyl (C=O) groups excluding carboxylic acids is 2. The Morgan fingerprint density at radius 3 is 2.87 bits per heavy atom. The molecule has 0 radical (unpaired) electrons. The molecule has 0 fully saturated rings. The van der Waals surface area contributed by atoms with Crippen molar-refractivity contribution >= 4 is 23.3 Å². The van der Waals surface area contributed by atoms with Gasteiger partial charge in [0.15, 0.2) is 5.82 Å². The highest BCUT2D eigenvalue weighted by Crippen LogP contribution is 2.33. The number of aromatic nitrogens is 4. The zero-order valence-corrected chi connectivity index (χ0v) is 13.2. The van der Waals surface area contributed by atoms with Gasteiger partial charge in [-0.25, -0.2) is 9.97 Å². The summed E-state index contributed by atoms with van der Waals surface area (Å²) < 4.78 is 1.55. The normalized spacial score (nSPS) is 18.3. The molecule has 3 heterocycles. The molecule has 2 aromatic heterocycles. The lowest BCUT2D eigenvalue weighted by molar-refractivity contribution is -0.118. The van der Waals surface area contributed by atoms with Crippen LogP contribution in [0.2, 0.25) is 0 Å². The first-order valence-corrected chi connectivity index (χ1v) is 7.46. The van der Waals surface area contributed by atoms with Crippen molar-refractivity contribution in [2.24, 2.45) is 13.0 Å². The van der Waals surface area contributed by atoms with Crippen LogP contribution in [0.5, 0.6) is 0 Å². The summed E-state index contributed by atoms with van der Waals surface area (Å²) in [7, 11) is 1.74. The van der Waals surface area contributed by atoms with Gasteiger partial charge in [-0.1, -0.05) is 20.3 Å². The molecule has 3 rings (SSSR count). The number of hydrogen-bond acceptors (Lipinski definition) is 5. The monoisotopic (exact) mass is 314 g/mol. The van der Waals surface area contributed by atoms with Gasteiger partial charge in [-0.3, -0.25) is 19.2 Å². The number of nitrogens with zero attached hydrogens (tertiary/aromatic N) is 5. The number of anilines is 2. The molecule has 1 aliphatic heterocycles. The van der Waals surface area contributed by atoms with Gasteiger partial charge in [0, 0.05) is 13.2 Å². The van der Waals surface area contributed by atoms with Gasteiger partial charge in [-0.15, -0.1) is 0 Å². The van der Waals surface area contributed by atoms with Gasteiger partial charge in [-0.05, 0) is 5.92 Å². The number of nitrogens with one attached hydrogen (secondary N) is 1. The molecule has 0 saturated heterocycles. The molecule has 2 atom stereocenters. The molecule has 8 nitrogen and oxygen atoms in total. The minimum atomic E-state index is -0.616. The Morgan fingerprint density at radius 2 is 2.22 bits per heavy atom. The standard InChI is InChI=1S/C15H18N6O2/c1-4-9(2)12-14(22)19-11-6-16-8-17-13(11)21(12)15(23)10-5-18-20(3)7-10/h5-9,12H,4H2,1-3H3,(H,19,22). The van der Waals surface area contributed by atoms with Gasteiger partial charge in [0.2, 0.25) is 5.91 Å². The third-order valence-corrected chi connectivity index (χ3v) is 4.08. The third kappa shape index (κ3) is 2.56. The summed E-state index contributed by atoms with van der Waals surface area (Å²) in [5.41, 5.74) is 0.856. The fourth-order valence-electron chi connectivity index (χ4n) is 2.69. The molecular weight excluding hydrogens is 296 g/mol. The maximum absolute atomic E-state index is 13.0. The molecule has 2 unspecified atom stereocenters. The summed E-state index contributed by atoms with van der Waals surface area (Å²) in [4.78, 5) is 35.1. The van der Waals surface area contributed by atoms with Gasteiger partial charge in [0.05, 0.1) is 18.0 Å². The average molecular weight is 314 g/mol. The Bertz CT molecular complexity index is 756. The number of fused-ring (bicyclic) bond motifs is 1. The van der Waals surface area contributed by atoms with E-state index in [4.69, 9.17) is 0 Å². The zero-order valence-electron chi connectivity index (χ0n) is 13.2. The van der Waals surface area contributed by atoms with Crippen molar-refractivity contribution in [1.82, 2.24) is 19.7 Å². The summed E-state index contributed by atoms with van der Waals surface area (Å²) in [6.45, 7) is 3.93. The summed E-state index contributed by atoms with van der Waals surface area (Å²) in [5.74, 6) is -0.116. The maximum Gasteiger partial charge on any atom is 0.263 e. The highest BCUT2D eigenvalue weighted by molar-refractivity contribution is 6.15. The zero-order chi connectivity index (χ0) is 16.6. The summed E-state index contributed by atoms with van der Waals surface area (Å²) in [6.07, 6.45) is 6.74. The van der Waals surface area contributed by atoms with Gasteiger partial charge < -0.3 is 5.32 Å². The molecule has 0 bridgehead atoms. The van der Waals surface area contributed by atoms with Crippen LogP contribution < -0.4 is 10.2 Å². The summed E-state index contributed by atoms with van der Waals surface area (Å²) >= 11 is 0. The molecule has 23 heavy (non-hydrogen) atoms. The van der Waals surface area contributed by atoms with Crippen molar-refractivity contribution < 1.29 is 9.59 Å². The number of aryl methyl sites for hydroxylation is 1. The minimum absolute atomic E-state index is 0.0151. The summed E-state index contributed by atoms with van der Waals surface area (Å²) in [5, 5.41) is 6.82. The van der Waals surface area contributed by atoms with E-state index < -0.39 is 6.04 Å². The second kappa shape index (κ2) is 5.79. The average Bonchev–Trinajstić information content (AvgIpc) is 2.98. The first-order chi connectivity index (χ1) is 11.0. The van der Waals surface area contributed by atoms with Crippen molar-refractivity contribution in [3.63, 3.8) is 0 Å². The SMILES string of the molecule is CCC(C)C1C(=O)Nc2cncnc2N1C(=O)c1cnn(C)c1. The van der Waals surface area contributed by atoms with E-state index in [0.717, 1.165) is 6.42 Å². The molecule has 2 aromatic rings. The van der Waals surface area contributed by atoms with E-state index in [-0.39, 0.29) is 17.7 Å². The fraction of sp³-hybridized carbons (Fsp3) is 0.400. The van der Waals surface area contributed by atoms with Gasteiger partial charge in [-0.2, -0.15) is 5.10 Å². The molecule has 120 valence electrons. The number of carbonyl (C=O) groups is 2. The van der Waals surface area contributed by atoms with Crippen LogP contribution in [0, 0.1) is 5.92 Å². The van der Waals surface area contributed by atoms with Crippen LogP contribution >= 0.6 is 0 Å². The van der Waals surface area contributed by atoms with Crippen LogP contribution in [0.15, 0.2) is 24.9 Å². The van der Waals surface area contributed by atoms with Crippen LogP contribution in [0.1, 0.15) is 30.6 Å². The van der Waals surface area contributed by atoms with Crippen LogP contribution in [0.3, 0.4) is 0 Å². The Labute approximate surface area is 133 Å². The highest BCUT2D eigenvalue weighted by Gasteiger charge is 2.41. The predicted octanol–water partition coefficient (Wildman–Crippen LogP) is 1.22. The van der Waals surface area contributed by atoms with Crippen molar-refractivity contribution in [3.05, 3.63) is 30.5 Å². The van der Waals surface area contributed by atoms with Crippen LogP contribution in [-0.2, 0) is 11.8 Å². The number of hydrogen-bond donors (Lipinski definition) is 1. The van der Waals surface area contributed by atoms with E-state index in [0.29, 0.717) is 17.1 Å². The quantitative estimate of drug-likeness (QED) is 0.919. The molecule has 0 aliphatic carbocycles. The first-order valence-electron chi connectivity index (χ1n) is 7.46. The number of amides is 2. The van der Waals surface area contributed by atoms with E-state index in [1.807, 2.05) is 13.8 Å². The molecule has 0 aromatic carbocycles. The van der Waals surface area contributed by atoms with Crippen LogP contribution in [0.25, 0.3) is 0 Å². The molecule has 1 N–H and O–H groups in total. The molecular formula is C15H18N6O2. The first kappa shape index (κ1) is 15.1. The second-order valence-electron chi connectivity index (χ2n) is 5.66. The molecule has 2 amide bonds. The van der Waals surface area contributed by atoms with Gasteiger partial charge in [0.1, 0.15) is 18.1 Å². The van der Waals surface area contributed by atoms with E-state index in [2.05, 4.69) is 20.4 Å². The highest BCUT2D eigenvalue weighted by atomic mass is 16.2. The lowest BCUT2D eigenvalue weighted by Gasteiger charge is -2.37. The molecule has 8 heteroatoms. The predicted molar refractivity (Wildman–Crippen MR) is 83.9 cm³/mol. The molecule has 1 aliphatic rings. The largest absolute Gasteiger partial charge is 0.320 e. The Balaban J connectivity index is 2.10. The molecule has 0 saturated carbocycles. The van der Waals surface area contributed by atoms with E-state index >= 15 is 0 Å². The van der Waals surface area contributed by atoms with Crippen molar-refractivity contribution in [2.75, 3.05) is 10.2 Å². The van der Waals surface area contributed by atoms with E-state index in [9.17, 15) is 9.59 Å². The minimum Gasteiger partial charge on any atom is -0.320 e. The Kier molecular flexibility index (Phi) is 3.81. The second-order valence-corrected chi connectivity index (χ2v) is 5.66. The van der Waals surface area contributed by atoms with Crippen molar-refractivity contribution in [1.29, 1.82) is 0 Å². The van der Waals surface area contributed by atoms with E-state index in [1.54, 1.807) is 17.9 Å². The maximum atomic E-state index is 13.0. The fourth-order valence-corrected chi connectivity index (χ4v) is 2.69. The summed E-state index contributed by atoms with van der Waals surface area (Å²) in [6, 6.07) is -0.616. The molecule has 0 spiro atoms. The number of rotatable bonds is 3. The lowest BCUT2D eigenvalue weighted by atomic mass is 9.94. The van der Waals surface area contributed by atoms with Crippen molar-refractivity contribution in [3.8, 4) is 0 Å². The Morgan fingerprint density at radius 1 is 1.43 bits per heavy atom. The Hall–Kier alpha value is -2.77. The smallest absolute Gasteiger partial charge is 0.263 e. The van der Waals surface area contributed by atoms with E-state index in [1.165, 1.54) is 23.6 Å². The lowest BCUT2D eigenvalue weighted by Crippen LogP contribution is -2.54. The van der Waals surface area contributed by atoms with Gasteiger partial charge >= 0.3 is 0 Å². The third-order valence-electron chi connectivity index (χ3n) is 4.08. The van der Waals surface area contributed by atoms with Crippen molar-refractivity contribution in [2.45, 2.75) is 26.3 Å².